The minimum Gasteiger partial charge on any atom is -0.345 e. The molecule has 18 heavy (non-hydrogen) atoms. The number of carbonyl (C=O) groups excluding carboxylic acids is 1. The van der Waals surface area contributed by atoms with Crippen molar-refractivity contribution in [3.63, 3.8) is 0 Å². The number of nitrogens with zero attached hydrogens (tertiary/aromatic N) is 4. The predicted octanol–water partition coefficient (Wildman–Crippen LogP) is 0.969. The molecule has 1 saturated carbocycles. The van der Waals surface area contributed by atoms with E-state index in [9.17, 15) is 4.79 Å². The van der Waals surface area contributed by atoms with Crippen LogP contribution >= 0.6 is 15.9 Å². The van der Waals surface area contributed by atoms with Crippen LogP contribution in [-0.2, 0) is 6.54 Å². The SMILES string of the molecule is O=C(NC1CC1)c1nc(Cn2cc(Br)cn2)no1. The largest absolute Gasteiger partial charge is 0.345 e. The zero-order valence-corrected chi connectivity index (χ0v) is 10.9. The first-order chi connectivity index (χ1) is 8.70. The number of hydrogen-bond donors (Lipinski definition) is 1. The first-order valence-electron chi connectivity index (χ1n) is 5.52. The highest BCUT2D eigenvalue weighted by Gasteiger charge is 2.26. The Hall–Kier alpha value is -1.70. The second-order valence-electron chi connectivity index (χ2n) is 4.12. The van der Waals surface area contributed by atoms with Gasteiger partial charge in [-0.1, -0.05) is 5.16 Å². The highest BCUT2D eigenvalue weighted by atomic mass is 79.9. The number of carbonyl (C=O) groups is 1. The Morgan fingerprint density at radius 2 is 2.44 bits per heavy atom. The molecule has 0 radical (unpaired) electrons. The maximum absolute atomic E-state index is 11.6. The fourth-order valence-corrected chi connectivity index (χ4v) is 1.78. The van der Waals surface area contributed by atoms with E-state index in [2.05, 4.69) is 36.5 Å². The summed E-state index contributed by atoms with van der Waals surface area (Å²) in [6.45, 7) is 0.367. The third-order valence-electron chi connectivity index (χ3n) is 2.48. The zero-order valence-electron chi connectivity index (χ0n) is 9.34. The van der Waals surface area contributed by atoms with Crippen LogP contribution in [0.5, 0.6) is 0 Å². The molecule has 0 aliphatic heterocycles. The van der Waals surface area contributed by atoms with Crippen molar-refractivity contribution in [2.24, 2.45) is 0 Å². The number of amides is 1. The van der Waals surface area contributed by atoms with Gasteiger partial charge in [0.2, 0.25) is 0 Å². The Morgan fingerprint density at radius 3 is 3.11 bits per heavy atom. The van der Waals surface area contributed by atoms with Crippen molar-refractivity contribution in [3.05, 3.63) is 28.6 Å². The molecule has 2 heterocycles. The van der Waals surface area contributed by atoms with Crippen molar-refractivity contribution >= 4 is 21.8 Å². The lowest BCUT2D eigenvalue weighted by atomic mass is 10.5. The fraction of sp³-hybridized carbons (Fsp3) is 0.400. The number of nitrogens with one attached hydrogen (secondary N) is 1. The van der Waals surface area contributed by atoms with Gasteiger partial charge in [0.1, 0.15) is 6.54 Å². The summed E-state index contributed by atoms with van der Waals surface area (Å²) in [5.74, 6) is 0.118. The molecule has 0 aromatic carbocycles. The molecule has 0 saturated heterocycles. The van der Waals surface area contributed by atoms with E-state index in [4.69, 9.17) is 4.52 Å². The maximum atomic E-state index is 11.6. The first kappa shape index (κ1) is 11.4. The van der Waals surface area contributed by atoms with Gasteiger partial charge in [-0.25, -0.2) is 0 Å². The van der Waals surface area contributed by atoms with E-state index in [-0.39, 0.29) is 17.8 Å². The van der Waals surface area contributed by atoms with Crippen LogP contribution in [0.1, 0.15) is 29.4 Å². The van der Waals surface area contributed by atoms with Gasteiger partial charge in [-0.05, 0) is 28.8 Å². The van der Waals surface area contributed by atoms with Crippen molar-refractivity contribution in [1.82, 2.24) is 25.2 Å². The second-order valence-corrected chi connectivity index (χ2v) is 5.04. The van der Waals surface area contributed by atoms with Crippen molar-refractivity contribution in [3.8, 4) is 0 Å². The number of aromatic nitrogens is 4. The molecule has 2 aromatic rings. The first-order valence-corrected chi connectivity index (χ1v) is 6.31. The molecular formula is C10H10BrN5O2. The van der Waals surface area contributed by atoms with Crippen molar-refractivity contribution in [2.75, 3.05) is 0 Å². The number of rotatable bonds is 4. The van der Waals surface area contributed by atoms with Gasteiger partial charge >= 0.3 is 11.8 Å². The van der Waals surface area contributed by atoms with Crippen LogP contribution in [0.4, 0.5) is 0 Å². The lowest BCUT2D eigenvalue weighted by Crippen LogP contribution is -2.25. The van der Waals surface area contributed by atoms with Crippen LogP contribution in [0.25, 0.3) is 0 Å². The quantitative estimate of drug-likeness (QED) is 0.909. The normalized spacial score (nSPS) is 14.7. The summed E-state index contributed by atoms with van der Waals surface area (Å²) < 4.78 is 7.43. The third-order valence-corrected chi connectivity index (χ3v) is 2.89. The molecule has 0 spiro atoms. The highest BCUT2D eigenvalue weighted by Crippen LogP contribution is 2.19. The van der Waals surface area contributed by atoms with Crippen LogP contribution in [0.15, 0.2) is 21.4 Å². The Balaban J connectivity index is 1.66. The Bertz CT molecular complexity index is 574. The van der Waals surface area contributed by atoms with Crippen LogP contribution < -0.4 is 5.32 Å². The smallest absolute Gasteiger partial charge is 0.316 e. The van der Waals surface area contributed by atoms with Gasteiger partial charge in [0.25, 0.3) is 0 Å². The van der Waals surface area contributed by atoms with Gasteiger partial charge < -0.3 is 9.84 Å². The van der Waals surface area contributed by atoms with Gasteiger partial charge in [-0.2, -0.15) is 10.1 Å². The second kappa shape index (κ2) is 4.52. The summed E-state index contributed by atoms with van der Waals surface area (Å²) in [6.07, 6.45) is 5.50. The van der Waals surface area contributed by atoms with Gasteiger partial charge in [0.05, 0.1) is 10.7 Å². The Labute approximate surface area is 111 Å². The van der Waals surface area contributed by atoms with Gasteiger partial charge in [0.15, 0.2) is 5.82 Å². The van der Waals surface area contributed by atoms with Gasteiger partial charge in [-0.15, -0.1) is 0 Å². The van der Waals surface area contributed by atoms with E-state index >= 15 is 0 Å². The molecule has 94 valence electrons. The molecule has 1 aliphatic rings. The van der Waals surface area contributed by atoms with Crippen LogP contribution in [0.3, 0.4) is 0 Å². The van der Waals surface area contributed by atoms with E-state index in [1.807, 2.05) is 0 Å². The highest BCUT2D eigenvalue weighted by molar-refractivity contribution is 9.10. The van der Waals surface area contributed by atoms with E-state index in [0.717, 1.165) is 17.3 Å². The summed E-state index contributed by atoms with van der Waals surface area (Å²) in [4.78, 5) is 15.7. The third kappa shape index (κ3) is 2.58. The average molecular weight is 312 g/mol. The molecule has 0 bridgehead atoms. The van der Waals surface area contributed by atoms with Crippen LogP contribution in [0.2, 0.25) is 0 Å². The van der Waals surface area contributed by atoms with Gasteiger partial charge in [-0.3, -0.25) is 9.48 Å². The average Bonchev–Trinajstić information content (AvgIpc) is 2.87. The van der Waals surface area contributed by atoms with E-state index in [0.29, 0.717) is 12.4 Å². The van der Waals surface area contributed by atoms with Crippen molar-refractivity contribution in [2.45, 2.75) is 25.4 Å². The molecule has 7 nitrogen and oxygen atoms in total. The molecule has 8 heteroatoms. The summed E-state index contributed by atoms with van der Waals surface area (Å²) in [5.41, 5.74) is 0. The minimum atomic E-state index is -0.308. The van der Waals surface area contributed by atoms with Crippen LogP contribution in [0, 0.1) is 0 Å². The van der Waals surface area contributed by atoms with Crippen molar-refractivity contribution in [1.29, 1.82) is 0 Å². The lowest BCUT2D eigenvalue weighted by molar-refractivity contribution is 0.0907. The zero-order chi connectivity index (χ0) is 12.5. The van der Waals surface area contributed by atoms with Crippen molar-refractivity contribution < 1.29 is 9.32 Å². The summed E-state index contributed by atoms with van der Waals surface area (Å²) >= 11 is 3.30. The minimum absolute atomic E-state index is 0.00289. The maximum Gasteiger partial charge on any atom is 0.316 e. The summed E-state index contributed by atoms with van der Waals surface area (Å²) in [6, 6.07) is 0.273. The van der Waals surface area contributed by atoms with Gasteiger partial charge in [0, 0.05) is 12.2 Å². The Morgan fingerprint density at radius 1 is 1.61 bits per heavy atom. The lowest BCUT2D eigenvalue weighted by Gasteiger charge is -1.96. The summed E-state index contributed by atoms with van der Waals surface area (Å²) in [5, 5.41) is 10.6. The predicted molar refractivity (Wildman–Crippen MR) is 63.8 cm³/mol. The molecule has 2 aromatic heterocycles. The molecular weight excluding hydrogens is 302 g/mol. The molecule has 0 unspecified atom stereocenters. The molecule has 1 fully saturated rings. The molecule has 0 atom stereocenters. The van der Waals surface area contributed by atoms with E-state index < -0.39 is 0 Å². The molecule has 1 amide bonds. The number of halogens is 1. The standard InChI is InChI=1S/C10H10BrN5O2/c11-6-3-12-16(4-6)5-8-14-10(18-15-8)9(17)13-7-1-2-7/h3-4,7H,1-2,5H2,(H,13,17). The van der Waals surface area contributed by atoms with E-state index in [1.54, 1.807) is 17.1 Å². The topological polar surface area (TPSA) is 85.8 Å². The summed E-state index contributed by atoms with van der Waals surface area (Å²) in [7, 11) is 0. The Kier molecular flexibility index (Phi) is 2.86. The fourth-order valence-electron chi connectivity index (χ4n) is 1.45. The molecule has 1 N–H and O–H groups in total. The molecule has 1 aliphatic carbocycles. The number of hydrogen-bond acceptors (Lipinski definition) is 5. The monoisotopic (exact) mass is 311 g/mol. The molecule has 3 rings (SSSR count). The van der Waals surface area contributed by atoms with E-state index in [1.165, 1.54) is 0 Å². The van der Waals surface area contributed by atoms with Crippen LogP contribution in [-0.4, -0.2) is 31.9 Å².